The van der Waals surface area contributed by atoms with Gasteiger partial charge in [-0.15, -0.1) is 0 Å². The summed E-state index contributed by atoms with van der Waals surface area (Å²) in [6.07, 6.45) is 4.08. The summed E-state index contributed by atoms with van der Waals surface area (Å²) < 4.78 is 2.29. The van der Waals surface area contributed by atoms with E-state index in [1.165, 1.54) is 23.1 Å². The summed E-state index contributed by atoms with van der Waals surface area (Å²) in [6.45, 7) is 7.31. The summed E-state index contributed by atoms with van der Waals surface area (Å²) in [7, 11) is 0. The van der Waals surface area contributed by atoms with Gasteiger partial charge in [-0.2, -0.15) is 0 Å². The predicted octanol–water partition coefficient (Wildman–Crippen LogP) is 3.67. The molecule has 2 aromatic rings. The smallest absolute Gasteiger partial charge is 0.109 e. The van der Waals surface area contributed by atoms with Crippen LogP contribution in [0.3, 0.4) is 0 Å². The third-order valence-corrected chi connectivity index (χ3v) is 3.98. The maximum absolute atomic E-state index is 5.66. The molecule has 0 atom stereocenters. The molecule has 0 radical (unpaired) electrons. The summed E-state index contributed by atoms with van der Waals surface area (Å²) in [5.74, 6) is 1.16. The van der Waals surface area contributed by atoms with Crippen LogP contribution >= 0.6 is 12.2 Å². The number of thiocarbonyl (C=S) groups is 1. The number of rotatable bonds is 6. The summed E-state index contributed by atoms with van der Waals surface area (Å²) in [4.78, 5) is 5.38. The van der Waals surface area contributed by atoms with Crippen molar-refractivity contribution < 1.29 is 0 Å². The first-order chi connectivity index (χ1) is 9.52. The second kappa shape index (κ2) is 6.35. The third-order valence-electron chi connectivity index (χ3n) is 3.78. The fourth-order valence-electron chi connectivity index (χ4n) is 2.43. The van der Waals surface area contributed by atoms with Gasteiger partial charge in [-0.05, 0) is 43.5 Å². The van der Waals surface area contributed by atoms with Crippen LogP contribution in [0.5, 0.6) is 0 Å². The maximum atomic E-state index is 5.66. The number of imidazole rings is 1. The molecular weight excluding hydrogens is 266 g/mol. The number of aromatic nitrogens is 2. The van der Waals surface area contributed by atoms with Gasteiger partial charge < -0.3 is 10.3 Å². The fraction of sp³-hybridized carbons (Fsp3) is 0.500. The van der Waals surface area contributed by atoms with E-state index in [2.05, 4.69) is 37.5 Å². The highest BCUT2D eigenvalue weighted by Gasteiger charge is 2.11. The minimum Gasteiger partial charge on any atom is -0.393 e. The van der Waals surface area contributed by atoms with Crippen molar-refractivity contribution in [1.29, 1.82) is 0 Å². The standard InChI is InChI=1S/C16H23N3S/c1-4-5-6-16-18-13-9-11(2)12(3)10-14(13)19(16)8-7-15(17)20/h9-10H,4-8H2,1-3H3,(H2,17,20). The van der Waals surface area contributed by atoms with E-state index >= 15 is 0 Å². The number of fused-ring (bicyclic) bond motifs is 1. The zero-order valence-corrected chi connectivity index (χ0v) is 13.4. The van der Waals surface area contributed by atoms with Gasteiger partial charge >= 0.3 is 0 Å². The summed E-state index contributed by atoms with van der Waals surface area (Å²) in [6, 6.07) is 4.41. The number of hydrogen-bond acceptors (Lipinski definition) is 2. The van der Waals surface area contributed by atoms with Crippen LogP contribution in [0.4, 0.5) is 0 Å². The molecule has 4 heteroatoms. The molecule has 20 heavy (non-hydrogen) atoms. The van der Waals surface area contributed by atoms with Crippen LogP contribution in [-0.4, -0.2) is 14.5 Å². The van der Waals surface area contributed by atoms with Gasteiger partial charge in [0.15, 0.2) is 0 Å². The third kappa shape index (κ3) is 3.18. The molecule has 0 aliphatic carbocycles. The molecule has 0 fully saturated rings. The van der Waals surface area contributed by atoms with E-state index in [0.29, 0.717) is 4.99 Å². The second-order valence-electron chi connectivity index (χ2n) is 5.42. The van der Waals surface area contributed by atoms with Crippen LogP contribution in [0.15, 0.2) is 12.1 Å². The van der Waals surface area contributed by atoms with Crippen molar-refractivity contribution in [2.45, 2.75) is 53.0 Å². The average Bonchev–Trinajstić information content (AvgIpc) is 2.71. The highest BCUT2D eigenvalue weighted by Crippen LogP contribution is 2.22. The van der Waals surface area contributed by atoms with Gasteiger partial charge in [0, 0.05) is 19.4 Å². The van der Waals surface area contributed by atoms with Crippen LogP contribution < -0.4 is 5.73 Å². The van der Waals surface area contributed by atoms with Gasteiger partial charge in [-0.3, -0.25) is 0 Å². The van der Waals surface area contributed by atoms with E-state index in [0.717, 1.165) is 37.1 Å². The lowest BCUT2D eigenvalue weighted by Gasteiger charge is -2.09. The molecule has 0 amide bonds. The first-order valence-electron chi connectivity index (χ1n) is 7.27. The van der Waals surface area contributed by atoms with Crippen molar-refractivity contribution in [1.82, 2.24) is 9.55 Å². The molecular formula is C16H23N3S. The van der Waals surface area contributed by atoms with Gasteiger partial charge in [0.25, 0.3) is 0 Å². The molecule has 0 spiro atoms. The molecule has 0 unspecified atom stereocenters. The van der Waals surface area contributed by atoms with Gasteiger partial charge in [0.05, 0.1) is 16.0 Å². The van der Waals surface area contributed by atoms with E-state index in [1.807, 2.05) is 0 Å². The maximum Gasteiger partial charge on any atom is 0.109 e. The minimum atomic E-state index is 0.567. The Morgan fingerprint density at radius 1 is 1.30 bits per heavy atom. The van der Waals surface area contributed by atoms with Gasteiger partial charge in [0.1, 0.15) is 5.82 Å². The van der Waals surface area contributed by atoms with Gasteiger partial charge in [-0.25, -0.2) is 4.98 Å². The Morgan fingerprint density at radius 2 is 2.00 bits per heavy atom. The van der Waals surface area contributed by atoms with Crippen molar-refractivity contribution >= 4 is 28.2 Å². The van der Waals surface area contributed by atoms with Crippen molar-refractivity contribution in [2.75, 3.05) is 0 Å². The Balaban J connectivity index is 2.46. The molecule has 2 N–H and O–H groups in total. The van der Waals surface area contributed by atoms with Crippen molar-refractivity contribution in [2.24, 2.45) is 5.73 Å². The fourth-order valence-corrected chi connectivity index (χ4v) is 2.52. The van der Waals surface area contributed by atoms with E-state index < -0.39 is 0 Å². The zero-order chi connectivity index (χ0) is 14.7. The molecule has 108 valence electrons. The molecule has 0 aliphatic rings. The van der Waals surface area contributed by atoms with Crippen molar-refractivity contribution in [3.63, 3.8) is 0 Å². The van der Waals surface area contributed by atoms with E-state index in [4.69, 9.17) is 22.9 Å². The number of nitrogens with two attached hydrogens (primary N) is 1. The lowest BCUT2D eigenvalue weighted by atomic mass is 10.1. The zero-order valence-electron chi connectivity index (χ0n) is 12.6. The number of hydrogen-bond donors (Lipinski definition) is 1. The molecule has 0 saturated heterocycles. The summed E-state index contributed by atoms with van der Waals surface area (Å²) >= 11 is 5.01. The quantitative estimate of drug-likeness (QED) is 0.825. The van der Waals surface area contributed by atoms with Crippen LogP contribution in [0.1, 0.15) is 43.1 Å². The number of nitrogens with zero attached hydrogens (tertiary/aromatic N) is 2. The van der Waals surface area contributed by atoms with E-state index in [9.17, 15) is 0 Å². The molecule has 1 aromatic carbocycles. The predicted molar refractivity (Wildman–Crippen MR) is 89.2 cm³/mol. The van der Waals surface area contributed by atoms with Gasteiger partial charge in [0.2, 0.25) is 0 Å². The van der Waals surface area contributed by atoms with Crippen LogP contribution in [0.25, 0.3) is 11.0 Å². The Kier molecular flexibility index (Phi) is 4.76. The average molecular weight is 289 g/mol. The monoisotopic (exact) mass is 289 g/mol. The minimum absolute atomic E-state index is 0.567. The molecule has 1 aromatic heterocycles. The first-order valence-corrected chi connectivity index (χ1v) is 7.68. The topological polar surface area (TPSA) is 43.8 Å². The Bertz CT molecular complexity index is 628. The van der Waals surface area contributed by atoms with Crippen LogP contribution in [-0.2, 0) is 13.0 Å². The summed E-state index contributed by atoms with van der Waals surface area (Å²) in [5.41, 5.74) is 10.5. The Morgan fingerprint density at radius 3 is 2.65 bits per heavy atom. The molecule has 0 bridgehead atoms. The van der Waals surface area contributed by atoms with Crippen molar-refractivity contribution in [3.8, 4) is 0 Å². The number of unbranched alkanes of at least 4 members (excludes halogenated alkanes) is 1. The normalized spacial score (nSPS) is 11.2. The highest BCUT2D eigenvalue weighted by molar-refractivity contribution is 7.80. The molecule has 0 saturated carbocycles. The van der Waals surface area contributed by atoms with E-state index in [-0.39, 0.29) is 0 Å². The molecule has 2 rings (SSSR count). The Hall–Kier alpha value is -1.42. The SMILES string of the molecule is CCCCc1nc2cc(C)c(C)cc2n1CCC(N)=S. The van der Waals surface area contributed by atoms with E-state index in [1.54, 1.807) is 0 Å². The molecule has 0 aliphatic heterocycles. The molecule has 3 nitrogen and oxygen atoms in total. The van der Waals surface area contributed by atoms with Gasteiger partial charge in [-0.1, -0.05) is 25.6 Å². The summed E-state index contributed by atoms with van der Waals surface area (Å²) in [5, 5.41) is 0. The first kappa shape index (κ1) is 15.0. The second-order valence-corrected chi connectivity index (χ2v) is 5.95. The number of benzene rings is 1. The molecule has 1 heterocycles. The number of aryl methyl sites for hydroxylation is 4. The van der Waals surface area contributed by atoms with Crippen LogP contribution in [0, 0.1) is 13.8 Å². The largest absolute Gasteiger partial charge is 0.393 e. The highest BCUT2D eigenvalue weighted by atomic mass is 32.1. The lowest BCUT2D eigenvalue weighted by Crippen LogP contribution is -2.13. The lowest BCUT2D eigenvalue weighted by molar-refractivity contribution is 0.659. The Labute approximate surface area is 126 Å². The van der Waals surface area contributed by atoms with Crippen molar-refractivity contribution in [3.05, 3.63) is 29.1 Å². The van der Waals surface area contributed by atoms with Crippen LogP contribution in [0.2, 0.25) is 0 Å².